The Labute approximate surface area is 126 Å². The zero-order valence-corrected chi connectivity index (χ0v) is 13.5. The van der Waals surface area contributed by atoms with Crippen molar-refractivity contribution < 1.29 is 13.2 Å². The summed E-state index contributed by atoms with van der Waals surface area (Å²) in [5.41, 5.74) is -0.587. The lowest BCUT2D eigenvalue weighted by atomic mass is 9.97. The van der Waals surface area contributed by atoms with Crippen molar-refractivity contribution in [1.82, 2.24) is 9.71 Å². The third-order valence-electron chi connectivity index (χ3n) is 3.86. The SMILES string of the molecule is CCCNc1ncccc1S(=O)(=O)NC1(C)CCOC1C. The van der Waals surface area contributed by atoms with Crippen LogP contribution in [0, 0.1) is 0 Å². The van der Waals surface area contributed by atoms with E-state index >= 15 is 0 Å². The van der Waals surface area contributed by atoms with Crippen molar-refractivity contribution in [1.29, 1.82) is 0 Å². The first-order valence-electron chi connectivity index (χ1n) is 7.23. The van der Waals surface area contributed by atoms with Gasteiger partial charge < -0.3 is 10.1 Å². The Balaban J connectivity index is 2.27. The van der Waals surface area contributed by atoms with Crippen LogP contribution in [0.15, 0.2) is 23.2 Å². The lowest BCUT2D eigenvalue weighted by Gasteiger charge is -2.28. The van der Waals surface area contributed by atoms with Crippen LogP contribution in [-0.4, -0.2) is 38.2 Å². The minimum absolute atomic E-state index is 0.156. The average Bonchev–Trinajstić information content (AvgIpc) is 2.75. The van der Waals surface area contributed by atoms with E-state index in [1.807, 2.05) is 20.8 Å². The quantitative estimate of drug-likeness (QED) is 0.836. The van der Waals surface area contributed by atoms with Crippen LogP contribution in [-0.2, 0) is 14.8 Å². The van der Waals surface area contributed by atoms with E-state index in [2.05, 4.69) is 15.0 Å². The fraction of sp³-hybridized carbons (Fsp3) is 0.643. The number of pyridine rings is 1. The van der Waals surface area contributed by atoms with Gasteiger partial charge in [0.2, 0.25) is 10.0 Å². The van der Waals surface area contributed by atoms with E-state index < -0.39 is 15.6 Å². The third kappa shape index (κ3) is 3.53. The fourth-order valence-electron chi connectivity index (χ4n) is 2.31. The first kappa shape index (κ1) is 16.2. The maximum Gasteiger partial charge on any atom is 0.244 e. The Hall–Kier alpha value is -1.18. The summed E-state index contributed by atoms with van der Waals surface area (Å²) in [5.74, 6) is 0.391. The van der Waals surface area contributed by atoms with Gasteiger partial charge in [0.15, 0.2) is 0 Å². The average molecular weight is 313 g/mol. The highest BCUT2D eigenvalue weighted by molar-refractivity contribution is 7.89. The van der Waals surface area contributed by atoms with Gasteiger partial charge in [0.1, 0.15) is 10.7 Å². The van der Waals surface area contributed by atoms with Crippen molar-refractivity contribution in [3.8, 4) is 0 Å². The molecule has 1 fully saturated rings. The van der Waals surface area contributed by atoms with Gasteiger partial charge in [0.05, 0.1) is 11.6 Å². The second kappa shape index (κ2) is 6.29. The molecule has 7 heteroatoms. The molecule has 2 unspecified atom stereocenters. The Bertz CT molecular complexity index is 591. The molecule has 1 aromatic heterocycles. The van der Waals surface area contributed by atoms with Crippen molar-refractivity contribution in [3.63, 3.8) is 0 Å². The fourth-order valence-corrected chi connectivity index (χ4v) is 3.94. The highest BCUT2D eigenvalue weighted by Crippen LogP contribution is 2.28. The van der Waals surface area contributed by atoms with Crippen LogP contribution in [0.5, 0.6) is 0 Å². The summed E-state index contributed by atoms with van der Waals surface area (Å²) in [5, 5.41) is 3.06. The summed E-state index contributed by atoms with van der Waals surface area (Å²) in [4.78, 5) is 4.32. The maximum absolute atomic E-state index is 12.7. The molecule has 2 N–H and O–H groups in total. The topological polar surface area (TPSA) is 80.3 Å². The second-order valence-electron chi connectivity index (χ2n) is 5.56. The molecular weight excluding hydrogens is 290 g/mol. The van der Waals surface area contributed by atoms with E-state index in [4.69, 9.17) is 4.74 Å². The van der Waals surface area contributed by atoms with Gasteiger partial charge in [-0.15, -0.1) is 0 Å². The molecule has 0 bridgehead atoms. The number of hydrogen-bond acceptors (Lipinski definition) is 5. The van der Waals surface area contributed by atoms with Crippen molar-refractivity contribution >= 4 is 15.8 Å². The van der Waals surface area contributed by atoms with Gasteiger partial charge in [-0.3, -0.25) is 0 Å². The van der Waals surface area contributed by atoms with Crippen LogP contribution in [0.1, 0.15) is 33.6 Å². The highest BCUT2D eigenvalue weighted by atomic mass is 32.2. The van der Waals surface area contributed by atoms with Crippen LogP contribution < -0.4 is 10.0 Å². The molecule has 2 rings (SSSR count). The lowest BCUT2D eigenvalue weighted by molar-refractivity contribution is 0.0957. The molecule has 21 heavy (non-hydrogen) atoms. The molecular formula is C14H23N3O3S. The maximum atomic E-state index is 12.7. The van der Waals surface area contributed by atoms with Crippen LogP contribution in [0.25, 0.3) is 0 Å². The van der Waals surface area contributed by atoms with E-state index in [1.54, 1.807) is 18.3 Å². The molecule has 0 aliphatic carbocycles. The second-order valence-corrected chi connectivity index (χ2v) is 7.21. The molecule has 2 heterocycles. The third-order valence-corrected chi connectivity index (χ3v) is 5.50. The number of hydrogen-bond donors (Lipinski definition) is 2. The summed E-state index contributed by atoms with van der Waals surface area (Å²) in [6.07, 6.45) is 2.98. The molecule has 0 saturated carbocycles. The number of aromatic nitrogens is 1. The molecule has 1 saturated heterocycles. The molecule has 0 spiro atoms. The Morgan fingerprint density at radius 2 is 2.29 bits per heavy atom. The van der Waals surface area contributed by atoms with Gasteiger partial charge in [-0.25, -0.2) is 18.1 Å². The van der Waals surface area contributed by atoms with E-state index in [0.717, 1.165) is 6.42 Å². The smallest absolute Gasteiger partial charge is 0.244 e. The molecule has 0 aromatic carbocycles. The van der Waals surface area contributed by atoms with Crippen LogP contribution in [0.2, 0.25) is 0 Å². The number of nitrogens with zero attached hydrogens (tertiary/aromatic N) is 1. The van der Waals surface area contributed by atoms with Crippen LogP contribution in [0.4, 0.5) is 5.82 Å². The summed E-state index contributed by atoms with van der Waals surface area (Å²) in [7, 11) is -3.65. The van der Waals surface area contributed by atoms with Crippen molar-refractivity contribution in [2.45, 2.75) is 50.2 Å². The van der Waals surface area contributed by atoms with Gasteiger partial charge in [0.25, 0.3) is 0 Å². The molecule has 0 amide bonds. The Morgan fingerprint density at radius 3 is 2.90 bits per heavy atom. The number of anilines is 1. The molecule has 2 atom stereocenters. The lowest BCUT2D eigenvalue weighted by Crippen LogP contribution is -2.50. The summed E-state index contributed by atoms with van der Waals surface area (Å²) < 4.78 is 33.6. The summed E-state index contributed by atoms with van der Waals surface area (Å²) >= 11 is 0. The first-order chi connectivity index (χ1) is 9.89. The molecule has 118 valence electrons. The van der Waals surface area contributed by atoms with E-state index in [9.17, 15) is 8.42 Å². The number of ether oxygens (including phenoxy) is 1. The van der Waals surface area contributed by atoms with Gasteiger partial charge >= 0.3 is 0 Å². The van der Waals surface area contributed by atoms with Gasteiger partial charge in [-0.2, -0.15) is 0 Å². The minimum atomic E-state index is -3.65. The predicted octanol–water partition coefficient (Wildman–Crippen LogP) is 1.75. The number of nitrogens with one attached hydrogen (secondary N) is 2. The van der Waals surface area contributed by atoms with E-state index in [0.29, 0.717) is 25.4 Å². The van der Waals surface area contributed by atoms with Gasteiger partial charge in [-0.05, 0) is 38.8 Å². The summed E-state index contributed by atoms with van der Waals surface area (Å²) in [6.45, 7) is 7.01. The highest BCUT2D eigenvalue weighted by Gasteiger charge is 2.41. The van der Waals surface area contributed by atoms with Crippen LogP contribution in [0.3, 0.4) is 0 Å². The predicted molar refractivity (Wildman–Crippen MR) is 81.8 cm³/mol. The van der Waals surface area contributed by atoms with Crippen molar-refractivity contribution in [2.75, 3.05) is 18.5 Å². The van der Waals surface area contributed by atoms with Crippen LogP contribution >= 0.6 is 0 Å². The Morgan fingerprint density at radius 1 is 1.52 bits per heavy atom. The molecule has 6 nitrogen and oxygen atoms in total. The normalized spacial score (nSPS) is 26.0. The van der Waals surface area contributed by atoms with Gasteiger partial charge in [-0.1, -0.05) is 6.92 Å². The zero-order chi connectivity index (χ0) is 15.5. The first-order valence-corrected chi connectivity index (χ1v) is 8.72. The standard InChI is InChI=1S/C14H23N3O3S/c1-4-8-15-13-12(6-5-9-16-13)21(18,19)17-14(3)7-10-20-11(14)2/h5-6,9,11,17H,4,7-8,10H2,1-3H3,(H,15,16). The van der Waals surface area contributed by atoms with Gasteiger partial charge in [0, 0.05) is 19.3 Å². The number of sulfonamides is 1. The Kier molecular flexibility index (Phi) is 4.85. The molecule has 1 aromatic rings. The zero-order valence-electron chi connectivity index (χ0n) is 12.7. The largest absolute Gasteiger partial charge is 0.376 e. The number of rotatable bonds is 6. The van der Waals surface area contributed by atoms with E-state index in [-0.39, 0.29) is 11.0 Å². The van der Waals surface area contributed by atoms with Crippen molar-refractivity contribution in [2.24, 2.45) is 0 Å². The minimum Gasteiger partial charge on any atom is -0.376 e. The monoisotopic (exact) mass is 313 g/mol. The molecule has 1 aliphatic rings. The molecule has 0 radical (unpaired) electrons. The summed E-state index contributed by atoms with van der Waals surface area (Å²) in [6, 6.07) is 3.19. The molecule has 1 aliphatic heterocycles. The van der Waals surface area contributed by atoms with E-state index in [1.165, 1.54) is 0 Å². The van der Waals surface area contributed by atoms with Crippen molar-refractivity contribution in [3.05, 3.63) is 18.3 Å².